The van der Waals surface area contributed by atoms with Crippen molar-refractivity contribution in [3.63, 3.8) is 0 Å². The van der Waals surface area contributed by atoms with Crippen LogP contribution in [0.25, 0.3) is 5.69 Å². The third-order valence-corrected chi connectivity index (χ3v) is 7.99. The maximum absolute atomic E-state index is 6.38. The van der Waals surface area contributed by atoms with Crippen LogP contribution in [0.1, 0.15) is 54.5 Å². The normalized spacial score (nSPS) is 22.1. The van der Waals surface area contributed by atoms with E-state index in [9.17, 15) is 0 Å². The molecule has 7 rings (SSSR count). The molecule has 4 heterocycles. The fourth-order valence-electron chi connectivity index (χ4n) is 6.06. The second-order valence-electron chi connectivity index (χ2n) is 10.1. The van der Waals surface area contributed by atoms with E-state index < -0.39 is 0 Å². The fourth-order valence-corrected chi connectivity index (χ4v) is 6.26. The number of rotatable bonds is 3. The molecule has 7 nitrogen and oxygen atoms in total. The lowest BCUT2D eigenvalue weighted by molar-refractivity contribution is 0.0580. The van der Waals surface area contributed by atoms with E-state index >= 15 is 0 Å². The zero-order valence-corrected chi connectivity index (χ0v) is 19.0. The molecule has 1 spiro atoms. The highest BCUT2D eigenvalue weighted by molar-refractivity contribution is 6.30. The third kappa shape index (κ3) is 2.90. The van der Waals surface area contributed by atoms with E-state index in [1.165, 1.54) is 24.1 Å². The van der Waals surface area contributed by atoms with Crippen molar-refractivity contribution in [3.05, 3.63) is 58.5 Å². The zero-order chi connectivity index (χ0) is 21.4. The SMILES string of the molecule is Cc1nccnc1N1CC2(CC(c3nnc4n3-c3ccc(Cl)cc3CN(C3CC3)C4)C2)C1. The van der Waals surface area contributed by atoms with Crippen LogP contribution in [0.15, 0.2) is 30.6 Å². The quantitative estimate of drug-likeness (QED) is 0.607. The summed E-state index contributed by atoms with van der Waals surface area (Å²) in [4.78, 5) is 13.9. The monoisotopic (exact) mass is 447 g/mol. The Hall–Kier alpha value is -2.51. The van der Waals surface area contributed by atoms with Crippen molar-refractivity contribution >= 4 is 17.4 Å². The Morgan fingerprint density at radius 1 is 1.03 bits per heavy atom. The second-order valence-corrected chi connectivity index (χ2v) is 10.6. The summed E-state index contributed by atoms with van der Waals surface area (Å²) >= 11 is 6.38. The largest absolute Gasteiger partial charge is 0.354 e. The van der Waals surface area contributed by atoms with Crippen molar-refractivity contribution in [2.24, 2.45) is 5.41 Å². The Morgan fingerprint density at radius 3 is 2.62 bits per heavy atom. The Labute approximate surface area is 192 Å². The maximum Gasteiger partial charge on any atom is 0.151 e. The number of fused-ring (bicyclic) bond motifs is 3. The van der Waals surface area contributed by atoms with Gasteiger partial charge in [0.1, 0.15) is 11.6 Å². The summed E-state index contributed by atoms with van der Waals surface area (Å²) in [5.41, 5.74) is 3.89. The molecule has 2 saturated carbocycles. The average molecular weight is 448 g/mol. The minimum absolute atomic E-state index is 0.384. The molecule has 0 amide bonds. The molecule has 2 aliphatic heterocycles. The summed E-state index contributed by atoms with van der Waals surface area (Å²) < 4.78 is 2.34. The van der Waals surface area contributed by atoms with Crippen molar-refractivity contribution in [2.45, 2.75) is 57.7 Å². The third-order valence-electron chi connectivity index (χ3n) is 7.75. The van der Waals surface area contributed by atoms with Gasteiger partial charge in [-0.25, -0.2) is 4.98 Å². The van der Waals surface area contributed by atoms with Crippen LogP contribution in [-0.2, 0) is 13.1 Å². The zero-order valence-electron chi connectivity index (χ0n) is 18.2. The second kappa shape index (κ2) is 6.75. The molecule has 2 aromatic heterocycles. The van der Waals surface area contributed by atoms with Gasteiger partial charge in [0.05, 0.1) is 17.9 Å². The Balaban J connectivity index is 1.15. The Bertz CT molecular complexity index is 1200. The summed E-state index contributed by atoms with van der Waals surface area (Å²) in [6.07, 6.45) is 8.44. The Kier molecular flexibility index (Phi) is 4.01. The molecule has 0 bridgehead atoms. The minimum Gasteiger partial charge on any atom is -0.354 e. The summed E-state index contributed by atoms with van der Waals surface area (Å²) in [6.45, 7) is 5.96. The van der Waals surface area contributed by atoms with E-state index in [1.807, 2.05) is 13.0 Å². The molecule has 0 N–H and O–H groups in total. The molecule has 164 valence electrons. The van der Waals surface area contributed by atoms with Crippen molar-refractivity contribution in [2.75, 3.05) is 18.0 Å². The highest BCUT2D eigenvalue weighted by atomic mass is 35.5. The van der Waals surface area contributed by atoms with E-state index in [0.29, 0.717) is 17.4 Å². The van der Waals surface area contributed by atoms with Crippen LogP contribution in [0.2, 0.25) is 5.02 Å². The summed E-state index contributed by atoms with van der Waals surface area (Å²) in [5.74, 6) is 3.68. The predicted octanol–water partition coefficient (Wildman–Crippen LogP) is 3.88. The first-order valence-electron chi connectivity index (χ1n) is 11.6. The molecule has 3 fully saturated rings. The molecule has 8 heteroatoms. The first-order chi connectivity index (χ1) is 15.6. The van der Waals surface area contributed by atoms with E-state index in [0.717, 1.165) is 67.2 Å². The molecule has 3 aromatic rings. The molecule has 0 unspecified atom stereocenters. The molecule has 0 radical (unpaired) electrons. The van der Waals surface area contributed by atoms with Crippen LogP contribution in [0.5, 0.6) is 0 Å². The van der Waals surface area contributed by atoms with Crippen LogP contribution in [0, 0.1) is 12.3 Å². The van der Waals surface area contributed by atoms with Crippen LogP contribution in [0.3, 0.4) is 0 Å². The maximum atomic E-state index is 6.38. The van der Waals surface area contributed by atoms with Gasteiger partial charge in [-0.15, -0.1) is 10.2 Å². The molecule has 1 saturated heterocycles. The predicted molar refractivity (Wildman–Crippen MR) is 122 cm³/mol. The van der Waals surface area contributed by atoms with E-state index in [1.54, 1.807) is 12.4 Å². The average Bonchev–Trinajstić information content (AvgIpc) is 3.51. The van der Waals surface area contributed by atoms with Gasteiger partial charge in [-0.05, 0) is 56.4 Å². The van der Waals surface area contributed by atoms with Crippen molar-refractivity contribution < 1.29 is 0 Å². The Morgan fingerprint density at radius 2 is 1.84 bits per heavy atom. The van der Waals surface area contributed by atoms with Gasteiger partial charge in [-0.1, -0.05) is 11.6 Å². The highest BCUT2D eigenvalue weighted by Gasteiger charge is 2.54. The van der Waals surface area contributed by atoms with Crippen molar-refractivity contribution in [3.8, 4) is 5.69 Å². The molecule has 1 aromatic carbocycles. The lowest BCUT2D eigenvalue weighted by atomic mass is 9.57. The van der Waals surface area contributed by atoms with Crippen molar-refractivity contribution in [1.82, 2.24) is 29.6 Å². The molecule has 0 atom stereocenters. The molecule has 2 aliphatic carbocycles. The van der Waals surface area contributed by atoms with Gasteiger partial charge in [-0.3, -0.25) is 14.5 Å². The lowest BCUT2D eigenvalue weighted by Gasteiger charge is -2.59. The first kappa shape index (κ1) is 19.0. The number of nitrogens with zero attached hydrogens (tertiary/aromatic N) is 7. The number of halogens is 1. The number of aryl methyl sites for hydroxylation is 1. The fraction of sp³-hybridized carbons (Fsp3) is 0.500. The van der Waals surface area contributed by atoms with Gasteiger partial charge in [0.15, 0.2) is 5.82 Å². The summed E-state index contributed by atoms with van der Waals surface area (Å²) in [7, 11) is 0. The number of hydrogen-bond donors (Lipinski definition) is 0. The van der Waals surface area contributed by atoms with Gasteiger partial charge < -0.3 is 4.90 Å². The van der Waals surface area contributed by atoms with Crippen LogP contribution < -0.4 is 4.90 Å². The van der Waals surface area contributed by atoms with Gasteiger partial charge >= 0.3 is 0 Å². The summed E-state index contributed by atoms with van der Waals surface area (Å²) in [5, 5.41) is 10.2. The molecule has 32 heavy (non-hydrogen) atoms. The number of anilines is 1. The number of hydrogen-bond acceptors (Lipinski definition) is 6. The standard InChI is InChI=1S/C24H26ClN7/c1-15-22(27-7-6-26-15)31-13-24(14-31)9-17(10-24)23-29-28-21-12-30(19-3-4-19)11-16-8-18(25)2-5-20(16)32(21)23/h2,5-8,17,19H,3-4,9-14H2,1H3. The van der Waals surface area contributed by atoms with Gasteiger partial charge in [0.25, 0.3) is 0 Å². The number of benzene rings is 1. The van der Waals surface area contributed by atoms with Gasteiger partial charge in [-0.2, -0.15) is 0 Å². The van der Waals surface area contributed by atoms with Crippen LogP contribution in [-0.4, -0.2) is 48.8 Å². The summed E-state index contributed by atoms with van der Waals surface area (Å²) in [6, 6.07) is 6.95. The number of aromatic nitrogens is 5. The lowest BCUT2D eigenvalue weighted by Crippen LogP contribution is -2.62. The van der Waals surface area contributed by atoms with E-state index in [-0.39, 0.29) is 0 Å². The van der Waals surface area contributed by atoms with Crippen molar-refractivity contribution in [1.29, 1.82) is 0 Å². The molecule has 4 aliphatic rings. The molecular weight excluding hydrogens is 422 g/mol. The topological polar surface area (TPSA) is 63.0 Å². The first-order valence-corrected chi connectivity index (χ1v) is 12.0. The van der Waals surface area contributed by atoms with Gasteiger partial charge in [0.2, 0.25) is 0 Å². The van der Waals surface area contributed by atoms with Gasteiger partial charge in [0, 0.05) is 54.4 Å². The van der Waals surface area contributed by atoms with Crippen LogP contribution >= 0.6 is 11.6 Å². The van der Waals surface area contributed by atoms with E-state index in [2.05, 4.69) is 41.6 Å². The highest BCUT2D eigenvalue weighted by Crippen LogP contribution is 2.56. The van der Waals surface area contributed by atoms with Crippen LogP contribution in [0.4, 0.5) is 5.82 Å². The smallest absolute Gasteiger partial charge is 0.151 e. The minimum atomic E-state index is 0.384. The molecular formula is C24H26ClN7. The van der Waals surface area contributed by atoms with E-state index in [4.69, 9.17) is 16.7 Å².